The Morgan fingerprint density at radius 3 is 2.81 bits per heavy atom. The summed E-state index contributed by atoms with van der Waals surface area (Å²) in [5, 5.41) is 13.7. The van der Waals surface area contributed by atoms with Crippen molar-refractivity contribution in [2.24, 2.45) is 0 Å². The predicted molar refractivity (Wildman–Crippen MR) is 84.2 cm³/mol. The maximum atomic E-state index is 11.6. The van der Waals surface area contributed by atoms with Crippen molar-refractivity contribution in [1.29, 1.82) is 0 Å². The monoisotopic (exact) mass is 302 g/mol. The number of aryl methyl sites for hydroxylation is 2. The van der Waals surface area contributed by atoms with Gasteiger partial charge in [-0.2, -0.15) is 11.3 Å². The highest BCUT2D eigenvalue weighted by molar-refractivity contribution is 7.07. The van der Waals surface area contributed by atoms with Crippen LogP contribution in [0.5, 0.6) is 0 Å². The Morgan fingerprint density at radius 1 is 1.48 bits per heavy atom. The van der Waals surface area contributed by atoms with E-state index in [1.807, 2.05) is 13.0 Å². The molecule has 1 aliphatic rings. The molecule has 1 fully saturated rings. The maximum absolute atomic E-state index is 11.6. The molecule has 1 saturated carbocycles. The Bertz CT molecular complexity index is 663. The van der Waals surface area contributed by atoms with Crippen LogP contribution in [0.4, 0.5) is 5.69 Å². The van der Waals surface area contributed by atoms with E-state index in [1.54, 1.807) is 18.3 Å². The molecule has 21 heavy (non-hydrogen) atoms. The zero-order chi connectivity index (χ0) is 15.0. The minimum atomic E-state index is -0.897. The van der Waals surface area contributed by atoms with Gasteiger partial charge in [-0.3, -0.25) is 4.98 Å². The molecule has 0 amide bonds. The summed E-state index contributed by atoms with van der Waals surface area (Å²) in [5.41, 5.74) is 3.83. The van der Waals surface area contributed by atoms with Gasteiger partial charge in [0.2, 0.25) is 0 Å². The smallest absolute Gasteiger partial charge is 0.339 e. The van der Waals surface area contributed by atoms with Crippen LogP contribution in [-0.4, -0.2) is 22.1 Å². The molecular formula is C16H18N2O2S. The first kappa shape index (κ1) is 14.1. The van der Waals surface area contributed by atoms with Gasteiger partial charge in [-0.05, 0) is 55.1 Å². The van der Waals surface area contributed by atoms with E-state index in [9.17, 15) is 9.90 Å². The normalized spacial score (nSPS) is 14.2. The van der Waals surface area contributed by atoms with Gasteiger partial charge in [0.05, 0.1) is 11.4 Å². The summed E-state index contributed by atoms with van der Waals surface area (Å²) in [4.78, 5) is 18.2. The van der Waals surface area contributed by atoms with Crippen molar-refractivity contribution in [3.63, 3.8) is 0 Å². The number of pyridine rings is 1. The van der Waals surface area contributed by atoms with E-state index >= 15 is 0 Å². The second kappa shape index (κ2) is 5.48. The Kier molecular flexibility index (Phi) is 3.68. The molecule has 0 atom stereocenters. The number of rotatable bonds is 5. The van der Waals surface area contributed by atoms with Gasteiger partial charge < -0.3 is 10.0 Å². The minimum absolute atomic E-state index is 0.336. The molecule has 110 valence electrons. The number of aromatic carboxylic acids is 1. The first-order chi connectivity index (χ1) is 10.1. The molecule has 0 bridgehead atoms. The van der Waals surface area contributed by atoms with Gasteiger partial charge in [0.1, 0.15) is 5.56 Å². The molecule has 3 rings (SSSR count). The summed E-state index contributed by atoms with van der Waals surface area (Å²) >= 11 is 1.67. The van der Waals surface area contributed by atoms with Crippen LogP contribution >= 0.6 is 11.3 Å². The molecule has 4 nitrogen and oxygen atoms in total. The molecule has 0 saturated heterocycles. The largest absolute Gasteiger partial charge is 0.478 e. The lowest BCUT2D eigenvalue weighted by molar-refractivity contribution is 0.0696. The maximum Gasteiger partial charge on any atom is 0.339 e. The summed E-state index contributed by atoms with van der Waals surface area (Å²) < 4.78 is 0. The second-order valence-electron chi connectivity index (χ2n) is 5.54. The topological polar surface area (TPSA) is 53.4 Å². The van der Waals surface area contributed by atoms with Gasteiger partial charge >= 0.3 is 5.97 Å². The third kappa shape index (κ3) is 2.93. The lowest BCUT2D eigenvalue weighted by atomic mass is 10.1. The van der Waals surface area contributed by atoms with Gasteiger partial charge in [-0.1, -0.05) is 0 Å². The number of carbonyl (C=O) groups is 1. The quantitative estimate of drug-likeness (QED) is 0.916. The average Bonchev–Trinajstić information content (AvgIpc) is 3.11. The van der Waals surface area contributed by atoms with Crippen LogP contribution in [-0.2, 0) is 6.54 Å². The molecule has 0 radical (unpaired) electrons. The highest BCUT2D eigenvalue weighted by Gasteiger charge is 2.32. The van der Waals surface area contributed by atoms with E-state index in [1.165, 1.54) is 5.56 Å². The van der Waals surface area contributed by atoms with Crippen molar-refractivity contribution in [2.75, 3.05) is 4.90 Å². The third-order valence-corrected chi connectivity index (χ3v) is 4.48. The number of carboxylic acids is 1. The SMILES string of the molecule is Cc1cc(N(Cc2ccsc2)C2CC2)c(C(=O)O)c(C)n1. The fraction of sp³-hybridized carbons (Fsp3) is 0.375. The fourth-order valence-corrected chi connectivity index (χ4v) is 3.34. The molecular weight excluding hydrogens is 284 g/mol. The summed E-state index contributed by atoms with van der Waals surface area (Å²) in [5.74, 6) is -0.897. The molecule has 2 heterocycles. The molecule has 0 spiro atoms. The Balaban J connectivity index is 2.04. The average molecular weight is 302 g/mol. The zero-order valence-corrected chi connectivity index (χ0v) is 13.0. The number of hydrogen-bond acceptors (Lipinski definition) is 4. The first-order valence-electron chi connectivity index (χ1n) is 7.05. The van der Waals surface area contributed by atoms with E-state index in [0.717, 1.165) is 30.8 Å². The minimum Gasteiger partial charge on any atom is -0.478 e. The van der Waals surface area contributed by atoms with E-state index in [4.69, 9.17) is 0 Å². The number of aromatic nitrogens is 1. The molecule has 0 aromatic carbocycles. The summed E-state index contributed by atoms with van der Waals surface area (Å²) in [6.45, 7) is 4.45. The molecule has 0 aliphatic heterocycles. The van der Waals surface area contributed by atoms with Gasteiger partial charge in [0.25, 0.3) is 0 Å². The van der Waals surface area contributed by atoms with Crippen LogP contribution in [0.25, 0.3) is 0 Å². The lowest BCUT2D eigenvalue weighted by Crippen LogP contribution is -2.27. The van der Waals surface area contributed by atoms with Crippen molar-refractivity contribution in [3.05, 3.63) is 45.4 Å². The summed E-state index contributed by atoms with van der Waals surface area (Å²) in [6, 6.07) is 4.45. The van der Waals surface area contributed by atoms with Crippen molar-refractivity contribution < 1.29 is 9.90 Å². The number of hydrogen-bond donors (Lipinski definition) is 1. The van der Waals surface area contributed by atoms with Crippen LogP contribution in [0.2, 0.25) is 0 Å². The molecule has 1 aliphatic carbocycles. The highest BCUT2D eigenvalue weighted by atomic mass is 32.1. The number of thiophene rings is 1. The van der Waals surface area contributed by atoms with E-state index in [-0.39, 0.29) is 0 Å². The molecule has 2 aromatic rings. The van der Waals surface area contributed by atoms with Crippen molar-refractivity contribution >= 4 is 23.0 Å². The van der Waals surface area contributed by atoms with E-state index in [0.29, 0.717) is 17.3 Å². The second-order valence-corrected chi connectivity index (χ2v) is 6.32. The van der Waals surface area contributed by atoms with Crippen molar-refractivity contribution in [3.8, 4) is 0 Å². The molecule has 0 unspecified atom stereocenters. The van der Waals surface area contributed by atoms with Crippen LogP contribution in [0.3, 0.4) is 0 Å². The van der Waals surface area contributed by atoms with Gasteiger partial charge in [0, 0.05) is 18.3 Å². The van der Waals surface area contributed by atoms with Crippen molar-refractivity contribution in [2.45, 2.75) is 39.3 Å². The molecule has 2 aromatic heterocycles. The number of nitrogens with zero attached hydrogens (tertiary/aromatic N) is 2. The lowest BCUT2D eigenvalue weighted by Gasteiger charge is -2.27. The van der Waals surface area contributed by atoms with Gasteiger partial charge in [0.15, 0.2) is 0 Å². The third-order valence-electron chi connectivity index (χ3n) is 3.75. The number of carboxylic acid groups (broad SMARTS) is 1. The van der Waals surface area contributed by atoms with E-state index < -0.39 is 5.97 Å². The first-order valence-corrected chi connectivity index (χ1v) is 8.00. The number of anilines is 1. The zero-order valence-electron chi connectivity index (χ0n) is 12.2. The predicted octanol–water partition coefficient (Wildman–Crippen LogP) is 3.63. The molecule has 1 N–H and O–H groups in total. The standard InChI is InChI=1S/C16H18N2O2S/c1-10-7-14(15(16(19)20)11(2)17-10)18(13-3-4-13)8-12-5-6-21-9-12/h5-7,9,13H,3-4,8H2,1-2H3,(H,19,20). The Labute approximate surface area is 128 Å². The molecule has 5 heteroatoms. The Hall–Kier alpha value is -1.88. The van der Waals surface area contributed by atoms with Crippen molar-refractivity contribution in [1.82, 2.24) is 4.98 Å². The highest BCUT2D eigenvalue weighted by Crippen LogP contribution is 2.36. The summed E-state index contributed by atoms with van der Waals surface area (Å²) in [6.07, 6.45) is 2.26. The van der Waals surface area contributed by atoms with Gasteiger partial charge in [-0.15, -0.1) is 0 Å². The van der Waals surface area contributed by atoms with Gasteiger partial charge in [-0.25, -0.2) is 4.79 Å². The van der Waals surface area contributed by atoms with Crippen LogP contribution < -0.4 is 4.90 Å². The fourth-order valence-electron chi connectivity index (χ4n) is 2.68. The Morgan fingerprint density at radius 2 is 2.24 bits per heavy atom. The van der Waals surface area contributed by atoms with Crippen LogP contribution in [0.15, 0.2) is 22.9 Å². The summed E-state index contributed by atoms with van der Waals surface area (Å²) in [7, 11) is 0. The van der Waals surface area contributed by atoms with Crippen LogP contribution in [0, 0.1) is 13.8 Å². The van der Waals surface area contributed by atoms with Crippen LogP contribution in [0.1, 0.15) is 40.2 Å². The van der Waals surface area contributed by atoms with E-state index in [2.05, 4.69) is 26.7 Å².